The number of esters is 1. The number of nitrogens with one attached hydrogen (secondary N) is 1. The summed E-state index contributed by atoms with van der Waals surface area (Å²) in [6.45, 7) is 4.85. The molecule has 0 aliphatic carbocycles. The highest BCUT2D eigenvalue weighted by atomic mass is 16.5. The molecular weight excluding hydrogens is 358 g/mol. The lowest BCUT2D eigenvalue weighted by atomic mass is 9.99. The highest BCUT2D eigenvalue weighted by Crippen LogP contribution is 2.23. The highest BCUT2D eigenvalue weighted by Gasteiger charge is 2.22. The third kappa shape index (κ3) is 5.94. The van der Waals surface area contributed by atoms with Gasteiger partial charge in [-0.25, -0.2) is 0 Å². The van der Waals surface area contributed by atoms with Gasteiger partial charge in [0.25, 0.3) is 0 Å². The molecule has 0 aliphatic heterocycles. The lowest BCUT2D eigenvalue weighted by Gasteiger charge is -2.17. The number of hydrogen-bond acceptors (Lipinski definition) is 5. The number of hydrogen-bond donors (Lipinski definition) is 1. The minimum atomic E-state index is -0.574. The first-order chi connectivity index (χ1) is 13.3. The quantitative estimate of drug-likeness (QED) is 0.547. The first-order valence-corrected chi connectivity index (χ1v) is 9.05. The van der Waals surface area contributed by atoms with Crippen LogP contribution in [-0.2, 0) is 14.3 Å². The van der Waals surface area contributed by atoms with E-state index in [9.17, 15) is 14.4 Å². The van der Waals surface area contributed by atoms with Gasteiger partial charge in [-0.2, -0.15) is 0 Å². The first kappa shape index (κ1) is 21.2. The van der Waals surface area contributed by atoms with Crippen molar-refractivity contribution in [2.75, 3.05) is 12.4 Å². The van der Waals surface area contributed by atoms with Gasteiger partial charge in [0, 0.05) is 24.6 Å². The number of carbonyl (C=O) groups excluding carboxylic acids is 3. The van der Waals surface area contributed by atoms with E-state index in [1.165, 1.54) is 6.92 Å². The molecule has 0 radical (unpaired) electrons. The number of benzene rings is 2. The summed E-state index contributed by atoms with van der Waals surface area (Å²) in [7, 11) is 1.56. The van der Waals surface area contributed by atoms with E-state index in [2.05, 4.69) is 5.32 Å². The van der Waals surface area contributed by atoms with Gasteiger partial charge in [0.1, 0.15) is 11.9 Å². The van der Waals surface area contributed by atoms with Gasteiger partial charge in [-0.15, -0.1) is 0 Å². The summed E-state index contributed by atoms with van der Waals surface area (Å²) in [6.07, 6.45) is -0.441. The number of ketones is 1. The average Bonchev–Trinajstić information content (AvgIpc) is 2.67. The second kappa shape index (κ2) is 9.69. The van der Waals surface area contributed by atoms with E-state index >= 15 is 0 Å². The van der Waals surface area contributed by atoms with Gasteiger partial charge in [-0.3, -0.25) is 14.4 Å². The molecule has 0 spiro atoms. The van der Waals surface area contributed by atoms with E-state index in [-0.39, 0.29) is 18.1 Å². The topological polar surface area (TPSA) is 81.7 Å². The Hall–Kier alpha value is -3.15. The Morgan fingerprint density at radius 2 is 1.71 bits per heavy atom. The number of ether oxygens (including phenoxy) is 2. The summed E-state index contributed by atoms with van der Waals surface area (Å²) >= 11 is 0. The molecule has 0 bridgehead atoms. The van der Waals surface area contributed by atoms with Gasteiger partial charge < -0.3 is 14.8 Å². The van der Waals surface area contributed by atoms with Crippen LogP contribution in [0.3, 0.4) is 0 Å². The number of Topliss-reactive ketones (excluding diaryl/α,β-unsaturated/α-hetero) is 1. The monoisotopic (exact) mass is 383 g/mol. The van der Waals surface area contributed by atoms with Crippen molar-refractivity contribution in [3.63, 3.8) is 0 Å². The number of methoxy groups -OCH3 is 1. The fraction of sp³-hybridized carbons (Fsp3) is 0.318. The number of amides is 1. The zero-order chi connectivity index (χ0) is 20.7. The second-order valence-corrected chi connectivity index (χ2v) is 6.64. The molecule has 0 saturated carbocycles. The van der Waals surface area contributed by atoms with Gasteiger partial charge in [0.05, 0.1) is 13.0 Å². The van der Waals surface area contributed by atoms with Crippen LogP contribution in [-0.4, -0.2) is 24.8 Å². The van der Waals surface area contributed by atoms with Gasteiger partial charge in [-0.05, 0) is 48.9 Å². The van der Waals surface area contributed by atoms with E-state index < -0.39 is 18.0 Å². The van der Waals surface area contributed by atoms with Crippen LogP contribution < -0.4 is 10.1 Å². The fourth-order valence-electron chi connectivity index (χ4n) is 2.69. The summed E-state index contributed by atoms with van der Waals surface area (Å²) in [5, 5.41) is 2.70. The number of carbonyl (C=O) groups is 3. The molecule has 0 aromatic heterocycles. The van der Waals surface area contributed by atoms with Crippen molar-refractivity contribution in [3.8, 4) is 5.75 Å². The Kier molecular flexibility index (Phi) is 7.32. The molecule has 0 aliphatic rings. The fourth-order valence-corrected chi connectivity index (χ4v) is 2.69. The van der Waals surface area contributed by atoms with Crippen LogP contribution in [0, 0.1) is 5.92 Å². The zero-order valence-electron chi connectivity index (χ0n) is 16.5. The maximum absolute atomic E-state index is 12.4. The summed E-state index contributed by atoms with van der Waals surface area (Å²) in [4.78, 5) is 35.9. The van der Waals surface area contributed by atoms with Gasteiger partial charge in [0.2, 0.25) is 5.91 Å². The van der Waals surface area contributed by atoms with E-state index in [1.807, 2.05) is 6.07 Å². The zero-order valence-corrected chi connectivity index (χ0v) is 16.5. The van der Waals surface area contributed by atoms with E-state index in [0.29, 0.717) is 17.0 Å². The smallest absolute Gasteiger partial charge is 0.309 e. The summed E-state index contributed by atoms with van der Waals surface area (Å²) in [5.41, 5.74) is 1.92. The lowest BCUT2D eigenvalue weighted by Crippen LogP contribution is -2.20. The van der Waals surface area contributed by atoms with Crippen LogP contribution >= 0.6 is 0 Å². The molecule has 28 heavy (non-hydrogen) atoms. The summed E-state index contributed by atoms with van der Waals surface area (Å²) in [6, 6.07) is 13.9. The Morgan fingerprint density at radius 3 is 2.32 bits per heavy atom. The largest absolute Gasteiger partial charge is 0.497 e. The van der Waals surface area contributed by atoms with Crippen LogP contribution in [0.4, 0.5) is 5.69 Å². The second-order valence-electron chi connectivity index (χ2n) is 6.64. The summed E-state index contributed by atoms with van der Waals surface area (Å²) < 4.78 is 10.6. The molecule has 2 rings (SSSR count). The predicted octanol–water partition coefficient (Wildman–Crippen LogP) is 4.17. The highest BCUT2D eigenvalue weighted by molar-refractivity contribution is 5.98. The third-order valence-corrected chi connectivity index (χ3v) is 4.28. The molecule has 148 valence electrons. The number of anilines is 1. The van der Waals surface area contributed by atoms with Crippen molar-refractivity contribution in [1.82, 2.24) is 0 Å². The number of rotatable bonds is 8. The molecule has 6 nitrogen and oxygen atoms in total. The van der Waals surface area contributed by atoms with Crippen LogP contribution in [0.15, 0.2) is 48.5 Å². The Morgan fingerprint density at radius 1 is 1.04 bits per heavy atom. The van der Waals surface area contributed by atoms with Crippen molar-refractivity contribution in [2.45, 2.75) is 33.3 Å². The maximum atomic E-state index is 12.4. The SMILES string of the molecule is COc1ccc(C(=O)C[C@@H](C)C(=O)O[C@@H](C)c2cccc(NC(C)=O)c2)cc1. The standard InChI is InChI=1S/C22H25NO5/c1-14(12-21(25)17-8-10-20(27-4)11-9-17)22(26)28-15(2)18-6-5-7-19(13-18)23-16(3)24/h5-11,13-15H,12H2,1-4H3,(H,23,24)/t14-,15+/m1/s1. The molecule has 0 unspecified atom stereocenters. The van der Waals surface area contributed by atoms with Crippen molar-refractivity contribution in [1.29, 1.82) is 0 Å². The maximum Gasteiger partial charge on any atom is 0.309 e. The minimum Gasteiger partial charge on any atom is -0.497 e. The predicted molar refractivity (Wildman–Crippen MR) is 106 cm³/mol. The van der Waals surface area contributed by atoms with Crippen molar-refractivity contribution in [2.24, 2.45) is 5.92 Å². The average molecular weight is 383 g/mol. The Bertz CT molecular complexity index is 844. The third-order valence-electron chi connectivity index (χ3n) is 4.28. The lowest BCUT2D eigenvalue weighted by molar-refractivity contribution is -0.153. The first-order valence-electron chi connectivity index (χ1n) is 9.05. The minimum absolute atomic E-state index is 0.0593. The van der Waals surface area contributed by atoms with Gasteiger partial charge >= 0.3 is 5.97 Å². The van der Waals surface area contributed by atoms with Crippen LogP contribution in [0.2, 0.25) is 0 Å². The van der Waals surface area contributed by atoms with Crippen molar-refractivity contribution in [3.05, 3.63) is 59.7 Å². The molecule has 1 amide bonds. The van der Waals surface area contributed by atoms with Crippen LogP contribution in [0.1, 0.15) is 49.2 Å². The van der Waals surface area contributed by atoms with E-state index in [0.717, 1.165) is 5.56 Å². The molecule has 2 atom stereocenters. The van der Waals surface area contributed by atoms with Gasteiger partial charge in [-0.1, -0.05) is 19.1 Å². The molecule has 1 N–H and O–H groups in total. The Labute approximate surface area is 164 Å². The van der Waals surface area contributed by atoms with E-state index in [4.69, 9.17) is 9.47 Å². The Balaban J connectivity index is 1.95. The molecule has 2 aromatic rings. The summed E-state index contributed by atoms with van der Waals surface area (Å²) in [5.74, 6) is -0.658. The molecular formula is C22H25NO5. The van der Waals surface area contributed by atoms with Crippen molar-refractivity contribution >= 4 is 23.3 Å². The van der Waals surface area contributed by atoms with Crippen LogP contribution in [0.25, 0.3) is 0 Å². The molecule has 6 heteroatoms. The molecule has 0 saturated heterocycles. The van der Waals surface area contributed by atoms with E-state index in [1.54, 1.807) is 63.4 Å². The van der Waals surface area contributed by atoms with Gasteiger partial charge in [0.15, 0.2) is 5.78 Å². The van der Waals surface area contributed by atoms with Crippen LogP contribution in [0.5, 0.6) is 5.75 Å². The molecule has 0 fully saturated rings. The van der Waals surface area contributed by atoms with Crippen molar-refractivity contribution < 1.29 is 23.9 Å². The normalized spacial score (nSPS) is 12.6. The molecule has 2 aromatic carbocycles. The molecule has 0 heterocycles.